The summed E-state index contributed by atoms with van der Waals surface area (Å²) in [4.78, 5) is 2.02. The van der Waals surface area contributed by atoms with Gasteiger partial charge in [0.15, 0.2) is 0 Å². The van der Waals surface area contributed by atoms with Gasteiger partial charge in [-0.05, 0) is 24.6 Å². The Kier molecular flexibility index (Phi) is 3.55. The summed E-state index contributed by atoms with van der Waals surface area (Å²) in [7, 11) is 1.97. The van der Waals surface area contributed by atoms with Gasteiger partial charge in [-0.15, -0.1) is 6.42 Å². The Bertz CT molecular complexity index is 319. The third kappa shape index (κ3) is 2.51. The number of nitrogens with two attached hydrogens (primary N) is 1. The van der Waals surface area contributed by atoms with Gasteiger partial charge in [-0.3, -0.25) is 0 Å². The lowest BCUT2D eigenvalue weighted by Crippen LogP contribution is -2.17. The van der Waals surface area contributed by atoms with Crippen LogP contribution in [0.15, 0.2) is 24.3 Å². The molecule has 0 radical (unpaired) electrons. The van der Waals surface area contributed by atoms with Crippen LogP contribution in [0.3, 0.4) is 0 Å². The summed E-state index contributed by atoms with van der Waals surface area (Å²) in [6.45, 7) is 2.59. The molecule has 0 spiro atoms. The maximum Gasteiger partial charge on any atom is 0.0788 e. The predicted molar refractivity (Wildman–Crippen MR) is 61.1 cm³/mol. The molecule has 2 heteroatoms. The zero-order valence-corrected chi connectivity index (χ0v) is 8.70. The average molecular weight is 188 g/mol. The van der Waals surface area contributed by atoms with Crippen molar-refractivity contribution in [2.24, 2.45) is 5.73 Å². The van der Waals surface area contributed by atoms with Gasteiger partial charge in [0.2, 0.25) is 0 Å². The predicted octanol–water partition coefficient (Wildman–Crippen LogP) is 1.78. The summed E-state index contributed by atoms with van der Waals surface area (Å²) in [6.07, 6.45) is 5.23. The van der Waals surface area contributed by atoms with Crippen LogP contribution >= 0.6 is 0 Å². The molecule has 1 aromatic rings. The largest absolute Gasteiger partial charge is 0.363 e. The lowest BCUT2D eigenvalue weighted by molar-refractivity contribution is 0.818. The first-order valence-corrected chi connectivity index (χ1v) is 4.65. The minimum Gasteiger partial charge on any atom is -0.363 e. The summed E-state index contributed by atoms with van der Waals surface area (Å²) < 4.78 is 0. The smallest absolute Gasteiger partial charge is 0.0788 e. The van der Waals surface area contributed by atoms with Gasteiger partial charge >= 0.3 is 0 Å². The van der Waals surface area contributed by atoms with E-state index in [9.17, 15) is 0 Å². The molecule has 1 atom stereocenters. The van der Waals surface area contributed by atoms with E-state index in [1.807, 2.05) is 43.1 Å². The van der Waals surface area contributed by atoms with Gasteiger partial charge in [0.25, 0.3) is 0 Å². The zero-order valence-electron chi connectivity index (χ0n) is 8.70. The van der Waals surface area contributed by atoms with Crippen molar-refractivity contribution in [1.82, 2.24) is 0 Å². The molecule has 0 amide bonds. The van der Waals surface area contributed by atoms with Crippen molar-refractivity contribution in [1.29, 1.82) is 0 Å². The third-order valence-electron chi connectivity index (χ3n) is 2.19. The highest BCUT2D eigenvalue weighted by atomic mass is 15.1. The molecule has 1 aromatic carbocycles. The topological polar surface area (TPSA) is 29.3 Å². The standard InChI is InChI=1S/C12H16N2/c1-4-9-14(3)12-7-5-11(6-8-12)10(2)13/h1,5-8,10H,9,13H2,2-3H3/t10-/m0/s1. The molecule has 0 saturated heterocycles. The van der Waals surface area contributed by atoms with Crippen molar-refractivity contribution in [2.45, 2.75) is 13.0 Å². The molecule has 0 unspecified atom stereocenters. The van der Waals surface area contributed by atoms with E-state index in [2.05, 4.69) is 5.92 Å². The monoisotopic (exact) mass is 188 g/mol. The summed E-state index contributed by atoms with van der Waals surface area (Å²) >= 11 is 0. The molecule has 0 aromatic heterocycles. The second-order valence-corrected chi connectivity index (χ2v) is 3.44. The van der Waals surface area contributed by atoms with Crippen LogP contribution in [0.2, 0.25) is 0 Å². The van der Waals surface area contributed by atoms with Crippen LogP contribution in [0.5, 0.6) is 0 Å². The highest BCUT2D eigenvalue weighted by molar-refractivity contribution is 5.48. The fraction of sp³-hybridized carbons (Fsp3) is 0.333. The van der Waals surface area contributed by atoms with Gasteiger partial charge in [0, 0.05) is 18.8 Å². The lowest BCUT2D eigenvalue weighted by Gasteiger charge is -2.16. The van der Waals surface area contributed by atoms with Crippen LogP contribution in [0.25, 0.3) is 0 Å². The second kappa shape index (κ2) is 4.69. The number of rotatable bonds is 3. The van der Waals surface area contributed by atoms with Crippen LogP contribution in [0, 0.1) is 12.3 Å². The van der Waals surface area contributed by atoms with Gasteiger partial charge < -0.3 is 10.6 Å². The first-order chi connectivity index (χ1) is 6.65. The van der Waals surface area contributed by atoms with Crippen molar-refractivity contribution >= 4 is 5.69 Å². The fourth-order valence-corrected chi connectivity index (χ4v) is 1.26. The first kappa shape index (κ1) is 10.6. The molecule has 0 aliphatic rings. The van der Waals surface area contributed by atoms with Gasteiger partial charge in [0.05, 0.1) is 6.54 Å². The summed E-state index contributed by atoms with van der Waals surface area (Å²) in [6, 6.07) is 8.23. The summed E-state index contributed by atoms with van der Waals surface area (Å²) in [5.41, 5.74) is 8.01. The Balaban J connectivity index is 2.78. The molecule has 0 bridgehead atoms. The minimum atomic E-state index is 0.0852. The van der Waals surface area contributed by atoms with Crippen LogP contribution in [-0.4, -0.2) is 13.6 Å². The number of hydrogen-bond donors (Lipinski definition) is 1. The molecular weight excluding hydrogens is 172 g/mol. The number of hydrogen-bond acceptors (Lipinski definition) is 2. The summed E-state index contributed by atoms with van der Waals surface area (Å²) in [5, 5.41) is 0. The van der Waals surface area contributed by atoms with Crippen molar-refractivity contribution in [3.8, 4) is 12.3 Å². The van der Waals surface area contributed by atoms with E-state index >= 15 is 0 Å². The van der Waals surface area contributed by atoms with Crippen molar-refractivity contribution in [3.05, 3.63) is 29.8 Å². The number of anilines is 1. The maximum absolute atomic E-state index is 5.75. The quantitative estimate of drug-likeness (QED) is 0.733. The number of nitrogens with zero attached hydrogens (tertiary/aromatic N) is 1. The van der Waals surface area contributed by atoms with Crippen LogP contribution in [-0.2, 0) is 0 Å². The lowest BCUT2D eigenvalue weighted by atomic mass is 10.1. The van der Waals surface area contributed by atoms with Gasteiger partial charge in [-0.2, -0.15) is 0 Å². The Morgan fingerprint density at radius 2 is 2.00 bits per heavy atom. The first-order valence-electron chi connectivity index (χ1n) is 4.65. The van der Waals surface area contributed by atoms with Crippen molar-refractivity contribution in [2.75, 3.05) is 18.5 Å². The molecule has 2 nitrogen and oxygen atoms in total. The average Bonchev–Trinajstić information content (AvgIpc) is 2.18. The van der Waals surface area contributed by atoms with E-state index in [0.717, 1.165) is 11.3 Å². The molecule has 1 rings (SSSR count). The van der Waals surface area contributed by atoms with E-state index < -0.39 is 0 Å². The zero-order chi connectivity index (χ0) is 10.6. The van der Waals surface area contributed by atoms with Crippen molar-refractivity contribution < 1.29 is 0 Å². The molecule has 2 N–H and O–H groups in total. The van der Waals surface area contributed by atoms with E-state index in [1.165, 1.54) is 0 Å². The Morgan fingerprint density at radius 1 is 1.43 bits per heavy atom. The number of benzene rings is 1. The molecule has 14 heavy (non-hydrogen) atoms. The second-order valence-electron chi connectivity index (χ2n) is 3.44. The van der Waals surface area contributed by atoms with E-state index in [1.54, 1.807) is 0 Å². The third-order valence-corrected chi connectivity index (χ3v) is 2.19. The molecule has 0 aliphatic heterocycles. The van der Waals surface area contributed by atoms with Gasteiger partial charge in [-0.1, -0.05) is 18.1 Å². The van der Waals surface area contributed by atoms with E-state index in [-0.39, 0.29) is 6.04 Å². The normalized spacial score (nSPS) is 11.9. The van der Waals surface area contributed by atoms with Crippen LogP contribution < -0.4 is 10.6 Å². The molecule has 0 fully saturated rings. The van der Waals surface area contributed by atoms with Crippen LogP contribution in [0.4, 0.5) is 5.69 Å². The van der Waals surface area contributed by atoms with Crippen molar-refractivity contribution in [3.63, 3.8) is 0 Å². The summed E-state index contributed by atoms with van der Waals surface area (Å²) in [5.74, 6) is 2.60. The molecule has 0 saturated carbocycles. The molecule has 0 heterocycles. The van der Waals surface area contributed by atoms with E-state index in [4.69, 9.17) is 12.2 Å². The van der Waals surface area contributed by atoms with Gasteiger partial charge in [0.1, 0.15) is 0 Å². The molecule has 0 aliphatic carbocycles. The Hall–Kier alpha value is -1.46. The highest BCUT2D eigenvalue weighted by Crippen LogP contribution is 2.16. The highest BCUT2D eigenvalue weighted by Gasteiger charge is 2.01. The SMILES string of the molecule is C#CCN(C)c1ccc([C@H](C)N)cc1. The molecular formula is C12H16N2. The molecule has 74 valence electrons. The van der Waals surface area contributed by atoms with Crippen LogP contribution in [0.1, 0.15) is 18.5 Å². The number of terminal acetylenes is 1. The van der Waals surface area contributed by atoms with Gasteiger partial charge in [-0.25, -0.2) is 0 Å². The van der Waals surface area contributed by atoms with E-state index in [0.29, 0.717) is 6.54 Å². The Morgan fingerprint density at radius 3 is 2.43 bits per heavy atom. The Labute approximate surface area is 85.7 Å². The fourth-order valence-electron chi connectivity index (χ4n) is 1.26. The minimum absolute atomic E-state index is 0.0852. The maximum atomic E-state index is 5.75.